The molecule has 16 heavy (non-hydrogen) atoms. The summed E-state index contributed by atoms with van der Waals surface area (Å²) < 4.78 is 2.11. The first-order valence-electron chi connectivity index (χ1n) is 6.42. The molecule has 1 heterocycles. The summed E-state index contributed by atoms with van der Waals surface area (Å²) in [4.78, 5) is 4.39. The van der Waals surface area contributed by atoms with Crippen molar-refractivity contribution in [2.45, 2.75) is 58.1 Å². The van der Waals surface area contributed by atoms with Gasteiger partial charge in [0.2, 0.25) is 0 Å². The Kier molecular flexibility index (Phi) is 3.33. The number of hydrogen-bond donors (Lipinski definition) is 1. The molecule has 2 unspecified atom stereocenters. The van der Waals surface area contributed by atoms with Crippen molar-refractivity contribution in [1.82, 2.24) is 9.55 Å². The number of rotatable bonds is 3. The molecule has 90 valence electrons. The maximum absolute atomic E-state index is 10.8. The third-order valence-electron chi connectivity index (χ3n) is 3.83. The number of aryl methyl sites for hydroxylation is 1. The van der Waals surface area contributed by atoms with E-state index >= 15 is 0 Å². The van der Waals surface area contributed by atoms with Crippen molar-refractivity contribution in [3.05, 3.63) is 18.2 Å². The van der Waals surface area contributed by atoms with Gasteiger partial charge in [0.15, 0.2) is 0 Å². The van der Waals surface area contributed by atoms with E-state index in [0.29, 0.717) is 5.92 Å². The highest BCUT2D eigenvalue weighted by atomic mass is 16.3. The molecule has 0 amide bonds. The Morgan fingerprint density at radius 1 is 1.56 bits per heavy atom. The Balaban J connectivity index is 2.29. The molecule has 3 nitrogen and oxygen atoms in total. The lowest BCUT2D eigenvalue weighted by atomic mass is 9.76. The van der Waals surface area contributed by atoms with E-state index in [0.717, 1.165) is 38.1 Å². The standard InChI is InChI=1S/C13H22N2O/c1-3-9-15-10-8-14-12(15)13(16)7-5-4-6-11(13)2/h8,10-11,16H,3-7,9H2,1-2H3. The van der Waals surface area contributed by atoms with Crippen molar-refractivity contribution in [3.63, 3.8) is 0 Å². The Labute approximate surface area is 97.5 Å². The normalized spacial score (nSPS) is 30.6. The summed E-state index contributed by atoms with van der Waals surface area (Å²) in [6.45, 7) is 5.24. The predicted molar refractivity (Wildman–Crippen MR) is 64.0 cm³/mol. The summed E-state index contributed by atoms with van der Waals surface area (Å²) in [6.07, 6.45) is 9.18. The highest BCUT2D eigenvalue weighted by Crippen LogP contribution is 2.40. The molecule has 0 bridgehead atoms. The summed E-state index contributed by atoms with van der Waals surface area (Å²) in [5, 5.41) is 10.8. The molecule has 1 aliphatic carbocycles. The first kappa shape index (κ1) is 11.6. The molecule has 0 spiro atoms. The summed E-state index contributed by atoms with van der Waals surface area (Å²) in [6, 6.07) is 0. The van der Waals surface area contributed by atoms with Gasteiger partial charge in [-0.1, -0.05) is 26.7 Å². The van der Waals surface area contributed by atoms with E-state index in [1.54, 1.807) is 0 Å². The monoisotopic (exact) mass is 222 g/mol. The fourth-order valence-electron chi connectivity index (χ4n) is 2.77. The van der Waals surface area contributed by atoms with Crippen molar-refractivity contribution in [3.8, 4) is 0 Å². The van der Waals surface area contributed by atoms with E-state index in [1.807, 2.05) is 12.4 Å². The van der Waals surface area contributed by atoms with Crippen LogP contribution in [-0.4, -0.2) is 14.7 Å². The van der Waals surface area contributed by atoms with Crippen LogP contribution in [0.5, 0.6) is 0 Å². The lowest BCUT2D eigenvalue weighted by Gasteiger charge is -2.37. The maximum Gasteiger partial charge on any atom is 0.141 e. The van der Waals surface area contributed by atoms with Gasteiger partial charge in [-0.3, -0.25) is 0 Å². The van der Waals surface area contributed by atoms with Crippen molar-refractivity contribution < 1.29 is 5.11 Å². The molecule has 2 rings (SSSR count). The van der Waals surface area contributed by atoms with Crippen LogP contribution in [0.1, 0.15) is 51.8 Å². The number of aliphatic hydroxyl groups is 1. The number of nitrogens with zero attached hydrogens (tertiary/aromatic N) is 2. The average molecular weight is 222 g/mol. The van der Waals surface area contributed by atoms with E-state index in [4.69, 9.17) is 0 Å². The molecule has 1 aliphatic rings. The maximum atomic E-state index is 10.8. The van der Waals surface area contributed by atoms with Crippen LogP contribution >= 0.6 is 0 Å². The average Bonchev–Trinajstić information content (AvgIpc) is 2.72. The third-order valence-corrected chi connectivity index (χ3v) is 3.83. The van der Waals surface area contributed by atoms with Crippen molar-refractivity contribution >= 4 is 0 Å². The van der Waals surface area contributed by atoms with Crippen LogP contribution in [0, 0.1) is 5.92 Å². The molecule has 2 atom stereocenters. The zero-order chi connectivity index (χ0) is 11.6. The summed E-state index contributed by atoms with van der Waals surface area (Å²) in [5.41, 5.74) is -0.697. The third kappa shape index (κ3) is 1.88. The predicted octanol–water partition coefficient (Wildman–Crippen LogP) is 2.69. The molecule has 0 aliphatic heterocycles. The van der Waals surface area contributed by atoms with Gasteiger partial charge >= 0.3 is 0 Å². The Morgan fingerprint density at radius 3 is 3.06 bits per heavy atom. The molecule has 1 aromatic rings. The van der Waals surface area contributed by atoms with E-state index in [1.165, 1.54) is 6.42 Å². The second kappa shape index (κ2) is 4.58. The second-order valence-corrected chi connectivity index (χ2v) is 5.02. The first-order chi connectivity index (χ1) is 7.68. The largest absolute Gasteiger partial charge is 0.382 e. The lowest BCUT2D eigenvalue weighted by Crippen LogP contribution is -2.39. The molecular weight excluding hydrogens is 200 g/mol. The minimum atomic E-state index is -0.697. The van der Waals surface area contributed by atoms with Crippen molar-refractivity contribution in [2.75, 3.05) is 0 Å². The van der Waals surface area contributed by atoms with Gasteiger partial charge in [0, 0.05) is 18.9 Å². The van der Waals surface area contributed by atoms with Crippen LogP contribution in [-0.2, 0) is 12.1 Å². The van der Waals surface area contributed by atoms with Gasteiger partial charge in [0.25, 0.3) is 0 Å². The topological polar surface area (TPSA) is 38.0 Å². The molecule has 0 radical (unpaired) electrons. The zero-order valence-electron chi connectivity index (χ0n) is 10.3. The zero-order valence-corrected chi connectivity index (χ0v) is 10.3. The Hall–Kier alpha value is -0.830. The second-order valence-electron chi connectivity index (χ2n) is 5.02. The van der Waals surface area contributed by atoms with E-state index < -0.39 is 5.60 Å². The van der Waals surface area contributed by atoms with Crippen molar-refractivity contribution in [1.29, 1.82) is 0 Å². The quantitative estimate of drug-likeness (QED) is 0.854. The molecule has 1 saturated carbocycles. The molecule has 3 heteroatoms. The highest BCUT2D eigenvalue weighted by Gasteiger charge is 2.40. The van der Waals surface area contributed by atoms with Crippen molar-refractivity contribution in [2.24, 2.45) is 5.92 Å². The lowest BCUT2D eigenvalue weighted by molar-refractivity contribution is -0.0570. The summed E-state index contributed by atoms with van der Waals surface area (Å²) >= 11 is 0. The van der Waals surface area contributed by atoms with Crippen LogP contribution < -0.4 is 0 Å². The fourth-order valence-corrected chi connectivity index (χ4v) is 2.77. The first-order valence-corrected chi connectivity index (χ1v) is 6.42. The summed E-state index contributed by atoms with van der Waals surface area (Å²) in [5.74, 6) is 1.20. The van der Waals surface area contributed by atoms with Crippen LogP contribution in [0.4, 0.5) is 0 Å². The van der Waals surface area contributed by atoms with E-state index in [-0.39, 0.29) is 0 Å². The molecular formula is C13H22N2O. The molecule has 0 aromatic carbocycles. The number of imidazole rings is 1. The van der Waals surface area contributed by atoms with Crippen LogP contribution in [0.2, 0.25) is 0 Å². The van der Waals surface area contributed by atoms with Gasteiger partial charge in [0.1, 0.15) is 11.4 Å². The van der Waals surface area contributed by atoms with Gasteiger partial charge < -0.3 is 9.67 Å². The fraction of sp³-hybridized carbons (Fsp3) is 0.769. The smallest absolute Gasteiger partial charge is 0.141 e. The molecule has 1 aromatic heterocycles. The van der Waals surface area contributed by atoms with Gasteiger partial charge in [-0.05, 0) is 25.2 Å². The van der Waals surface area contributed by atoms with Crippen LogP contribution in [0.15, 0.2) is 12.4 Å². The van der Waals surface area contributed by atoms with E-state index in [9.17, 15) is 5.11 Å². The van der Waals surface area contributed by atoms with Crippen LogP contribution in [0.25, 0.3) is 0 Å². The molecule has 1 N–H and O–H groups in total. The number of hydrogen-bond acceptors (Lipinski definition) is 2. The van der Waals surface area contributed by atoms with E-state index in [2.05, 4.69) is 23.4 Å². The molecule has 1 fully saturated rings. The number of aromatic nitrogens is 2. The minimum Gasteiger partial charge on any atom is -0.382 e. The Morgan fingerprint density at radius 2 is 2.38 bits per heavy atom. The summed E-state index contributed by atoms with van der Waals surface area (Å²) in [7, 11) is 0. The van der Waals surface area contributed by atoms with Gasteiger partial charge in [-0.2, -0.15) is 0 Å². The van der Waals surface area contributed by atoms with Gasteiger partial charge in [0.05, 0.1) is 0 Å². The van der Waals surface area contributed by atoms with Gasteiger partial charge in [-0.15, -0.1) is 0 Å². The molecule has 0 saturated heterocycles. The minimum absolute atomic E-state index is 0.319. The highest BCUT2D eigenvalue weighted by molar-refractivity contribution is 5.08. The SMILES string of the molecule is CCCn1ccnc1C1(O)CCCCC1C. The van der Waals surface area contributed by atoms with Gasteiger partial charge in [-0.25, -0.2) is 4.98 Å². The van der Waals surface area contributed by atoms with Crippen LogP contribution in [0.3, 0.4) is 0 Å². The Bertz CT molecular complexity index is 347.